The lowest BCUT2D eigenvalue weighted by Crippen LogP contribution is -2.12. The zero-order valence-electron chi connectivity index (χ0n) is 13.7. The van der Waals surface area contributed by atoms with E-state index < -0.39 is 0 Å². The van der Waals surface area contributed by atoms with Crippen molar-refractivity contribution in [2.24, 2.45) is 17.1 Å². The second-order valence-electron chi connectivity index (χ2n) is 7.30. The van der Waals surface area contributed by atoms with Crippen molar-refractivity contribution in [2.75, 3.05) is 0 Å². The Morgan fingerprint density at radius 3 is 2.87 bits per heavy atom. The van der Waals surface area contributed by atoms with Gasteiger partial charge in [-0.1, -0.05) is 32.0 Å². The van der Waals surface area contributed by atoms with Crippen LogP contribution in [0.1, 0.15) is 37.4 Å². The van der Waals surface area contributed by atoms with E-state index in [1.807, 2.05) is 12.3 Å². The van der Waals surface area contributed by atoms with Gasteiger partial charge in [-0.2, -0.15) is 0 Å². The Morgan fingerprint density at radius 1 is 1.35 bits per heavy atom. The maximum Gasteiger partial charge on any atom is 0.217 e. The number of nitrogens with one attached hydrogen (secondary N) is 1. The maximum absolute atomic E-state index is 11.4. The molecule has 23 heavy (non-hydrogen) atoms. The molecule has 3 aromatic rings. The van der Waals surface area contributed by atoms with Crippen molar-refractivity contribution in [1.82, 2.24) is 9.97 Å². The molecule has 1 aliphatic rings. The monoisotopic (exact) mass is 307 g/mol. The summed E-state index contributed by atoms with van der Waals surface area (Å²) in [5.74, 6) is 0.470. The second-order valence-corrected chi connectivity index (χ2v) is 7.30. The molecule has 0 spiro atoms. The molecule has 2 heterocycles. The number of rotatable bonds is 3. The van der Waals surface area contributed by atoms with Crippen LogP contribution in [0.2, 0.25) is 0 Å². The van der Waals surface area contributed by atoms with Crippen LogP contribution in [0.5, 0.6) is 0 Å². The van der Waals surface area contributed by atoms with Crippen molar-refractivity contribution >= 4 is 27.7 Å². The van der Waals surface area contributed by atoms with Gasteiger partial charge >= 0.3 is 0 Å². The molecule has 4 nitrogen and oxygen atoms in total. The van der Waals surface area contributed by atoms with Crippen molar-refractivity contribution in [2.45, 2.75) is 33.1 Å². The number of benzene rings is 1. The molecule has 1 aliphatic carbocycles. The highest BCUT2D eigenvalue weighted by Crippen LogP contribution is 2.67. The molecule has 1 amide bonds. The second kappa shape index (κ2) is 4.57. The molecule has 0 unspecified atom stereocenters. The Morgan fingerprint density at radius 2 is 2.13 bits per heavy atom. The van der Waals surface area contributed by atoms with Gasteiger partial charge in [0.2, 0.25) is 5.91 Å². The molecule has 1 fully saturated rings. The first-order chi connectivity index (χ1) is 10.9. The van der Waals surface area contributed by atoms with Crippen molar-refractivity contribution in [1.29, 1.82) is 0 Å². The van der Waals surface area contributed by atoms with Gasteiger partial charge in [-0.25, -0.2) is 0 Å². The lowest BCUT2D eigenvalue weighted by Gasteiger charge is -2.04. The molecular formula is C19H21N3O. The first kappa shape index (κ1) is 14.2. The van der Waals surface area contributed by atoms with Crippen LogP contribution in [0.4, 0.5) is 0 Å². The summed E-state index contributed by atoms with van der Waals surface area (Å²) in [7, 11) is 0. The van der Waals surface area contributed by atoms with E-state index in [0.29, 0.717) is 18.3 Å². The predicted octanol–water partition coefficient (Wildman–Crippen LogP) is 3.64. The maximum atomic E-state index is 11.4. The van der Waals surface area contributed by atoms with Crippen LogP contribution in [0.25, 0.3) is 21.8 Å². The molecule has 4 rings (SSSR count). The minimum atomic E-state index is -0.213. The van der Waals surface area contributed by atoms with Gasteiger partial charge in [-0.15, -0.1) is 0 Å². The summed E-state index contributed by atoms with van der Waals surface area (Å²) in [5, 5.41) is 2.36. The van der Waals surface area contributed by atoms with Gasteiger partial charge in [0.05, 0.1) is 11.0 Å². The average Bonchev–Trinajstić information content (AvgIpc) is 2.86. The number of primary amides is 1. The van der Waals surface area contributed by atoms with E-state index in [2.05, 4.69) is 48.9 Å². The Hall–Kier alpha value is -2.36. The number of hydrogen-bond donors (Lipinski definition) is 2. The standard InChI is InChI=1S/C19H21N3O/c1-10-15(16-13(9-14(20)23)19(16,2)3)12-7-6-11-5-4-8-21-17(11)18(12)22-10/h4-8,13,16,22H,9H2,1-3H3,(H2,20,23)/t13-,16+/m1/s1. The highest BCUT2D eigenvalue weighted by Gasteiger charge is 2.59. The topological polar surface area (TPSA) is 71.8 Å². The predicted molar refractivity (Wildman–Crippen MR) is 92.2 cm³/mol. The summed E-state index contributed by atoms with van der Waals surface area (Å²) in [4.78, 5) is 19.4. The molecular weight excluding hydrogens is 286 g/mol. The fraction of sp³-hybridized carbons (Fsp3) is 0.368. The van der Waals surface area contributed by atoms with Crippen LogP contribution >= 0.6 is 0 Å². The van der Waals surface area contributed by atoms with Crippen molar-refractivity contribution < 1.29 is 4.79 Å². The van der Waals surface area contributed by atoms with E-state index in [1.54, 1.807) is 0 Å². The van der Waals surface area contributed by atoms with E-state index >= 15 is 0 Å². The third kappa shape index (κ3) is 1.97. The minimum Gasteiger partial charge on any atom is -0.370 e. The first-order valence-electron chi connectivity index (χ1n) is 8.05. The molecule has 0 radical (unpaired) electrons. The summed E-state index contributed by atoms with van der Waals surface area (Å²) >= 11 is 0. The van der Waals surface area contributed by atoms with E-state index in [-0.39, 0.29) is 11.3 Å². The number of fused-ring (bicyclic) bond motifs is 3. The lowest BCUT2D eigenvalue weighted by atomic mass is 9.99. The van der Waals surface area contributed by atoms with Crippen LogP contribution in [0.3, 0.4) is 0 Å². The number of pyridine rings is 1. The lowest BCUT2D eigenvalue weighted by molar-refractivity contribution is -0.118. The van der Waals surface area contributed by atoms with Crippen LogP contribution < -0.4 is 5.73 Å². The third-order valence-corrected chi connectivity index (χ3v) is 5.56. The number of hydrogen-bond acceptors (Lipinski definition) is 2. The van der Waals surface area contributed by atoms with Gasteiger partial charge < -0.3 is 10.7 Å². The quantitative estimate of drug-likeness (QED) is 0.775. The molecule has 2 aromatic heterocycles. The first-order valence-corrected chi connectivity index (χ1v) is 8.05. The normalized spacial score (nSPS) is 22.6. The Labute approximate surface area is 135 Å². The van der Waals surface area contributed by atoms with Crippen LogP contribution in [-0.4, -0.2) is 15.9 Å². The summed E-state index contributed by atoms with van der Waals surface area (Å²) in [6.45, 7) is 6.56. The zero-order chi connectivity index (χ0) is 16.4. The SMILES string of the molecule is Cc1[nH]c2c(ccc3cccnc32)c1[C@@H]1[C@@H](CC(N)=O)C1(C)C. The van der Waals surface area contributed by atoms with Gasteiger partial charge in [0.25, 0.3) is 0 Å². The van der Waals surface area contributed by atoms with Crippen molar-refractivity contribution in [3.05, 3.63) is 41.7 Å². The molecule has 1 aromatic carbocycles. The van der Waals surface area contributed by atoms with E-state index in [0.717, 1.165) is 16.4 Å². The zero-order valence-corrected chi connectivity index (χ0v) is 13.7. The fourth-order valence-corrected chi connectivity index (χ4v) is 4.27. The molecule has 0 bridgehead atoms. The number of aromatic nitrogens is 2. The smallest absolute Gasteiger partial charge is 0.217 e. The summed E-state index contributed by atoms with van der Waals surface area (Å²) < 4.78 is 0. The van der Waals surface area contributed by atoms with E-state index in [1.165, 1.54) is 16.6 Å². The van der Waals surface area contributed by atoms with Gasteiger partial charge in [0.1, 0.15) is 0 Å². The highest BCUT2D eigenvalue weighted by atomic mass is 16.1. The number of nitrogens with zero attached hydrogens (tertiary/aromatic N) is 1. The van der Waals surface area contributed by atoms with Gasteiger partial charge in [0, 0.05) is 29.1 Å². The number of amides is 1. The molecule has 4 heteroatoms. The summed E-state index contributed by atoms with van der Waals surface area (Å²) in [6.07, 6.45) is 2.28. The Kier molecular flexibility index (Phi) is 2.83. The average molecular weight is 307 g/mol. The van der Waals surface area contributed by atoms with Gasteiger partial charge in [-0.3, -0.25) is 9.78 Å². The molecule has 118 valence electrons. The fourth-order valence-electron chi connectivity index (χ4n) is 4.27. The van der Waals surface area contributed by atoms with Gasteiger partial charge in [0.15, 0.2) is 0 Å². The van der Waals surface area contributed by atoms with Crippen LogP contribution in [-0.2, 0) is 4.79 Å². The van der Waals surface area contributed by atoms with Crippen molar-refractivity contribution in [3.63, 3.8) is 0 Å². The van der Waals surface area contributed by atoms with Crippen LogP contribution in [0.15, 0.2) is 30.5 Å². The molecule has 2 atom stereocenters. The number of H-pyrrole nitrogens is 1. The summed E-state index contributed by atoms with van der Waals surface area (Å²) in [5.41, 5.74) is 10.1. The third-order valence-electron chi connectivity index (χ3n) is 5.56. The van der Waals surface area contributed by atoms with Crippen LogP contribution in [0, 0.1) is 18.3 Å². The number of nitrogens with two attached hydrogens (primary N) is 1. The summed E-state index contributed by atoms with van der Waals surface area (Å²) in [6, 6.07) is 8.33. The number of carbonyl (C=O) groups excluding carboxylic acids is 1. The van der Waals surface area contributed by atoms with E-state index in [9.17, 15) is 4.79 Å². The van der Waals surface area contributed by atoms with E-state index in [4.69, 9.17) is 5.73 Å². The number of carbonyl (C=O) groups is 1. The largest absolute Gasteiger partial charge is 0.370 e. The number of aromatic amines is 1. The Balaban J connectivity index is 1.90. The molecule has 1 saturated carbocycles. The molecule has 0 saturated heterocycles. The highest BCUT2D eigenvalue weighted by molar-refractivity contribution is 6.05. The minimum absolute atomic E-state index is 0.105. The Bertz CT molecular complexity index is 938. The molecule has 0 aliphatic heterocycles. The van der Waals surface area contributed by atoms with Gasteiger partial charge in [-0.05, 0) is 35.8 Å². The van der Waals surface area contributed by atoms with Crippen molar-refractivity contribution in [3.8, 4) is 0 Å². The number of aryl methyl sites for hydroxylation is 1. The molecule has 3 N–H and O–H groups in total.